The molecular weight excluding hydrogens is 282 g/mol. The SMILES string of the molecule is NC1(c2noc(C3CCSc4ccccc43)n2)CCCC1. The lowest BCUT2D eigenvalue weighted by molar-refractivity contribution is 0.339. The Kier molecular flexibility index (Phi) is 3.27. The first-order valence-corrected chi connectivity index (χ1v) is 8.59. The van der Waals surface area contributed by atoms with E-state index in [4.69, 9.17) is 10.3 Å². The van der Waals surface area contributed by atoms with Crippen LogP contribution in [0, 0.1) is 0 Å². The van der Waals surface area contributed by atoms with Crippen LogP contribution >= 0.6 is 11.8 Å². The van der Waals surface area contributed by atoms with E-state index in [-0.39, 0.29) is 11.5 Å². The van der Waals surface area contributed by atoms with Crippen LogP contribution in [0.1, 0.15) is 55.3 Å². The Bertz CT molecular complexity index is 648. The van der Waals surface area contributed by atoms with Gasteiger partial charge in [-0.15, -0.1) is 11.8 Å². The Morgan fingerprint density at radius 1 is 1.24 bits per heavy atom. The first kappa shape index (κ1) is 13.3. The molecule has 4 rings (SSSR count). The molecule has 0 bridgehead atoms. The van der Waals surface area contributed by atoms with Gasteiger partial charge in [0.15, 0.2) is 5.82 Å². The van der Waals surface area contributed by atoms with Crippen molar-refractivity contribution in [2.45, 2.75) is 48.5 Å². The minimum atomic E-state index is -0.370. The van der Waals surface area contributed by atoms with Gasteiger partial charge in [0.05, 0.1) is 11.5 Å². The van der Waals surface area contributed by atoms with E-state index in [1.54, 1.807) is 0 Å². The number of hydrogen-bond acceptors (Lipinski definition) is 5. The Hall–Kier alpha value is -1.33. The number of rotatable bonds is 2. The van der Waals surface area contributed by atoms with Crippen molar-refractivity contribution in [2.75, 3.05) is 5.75 Å². The first-order chi connectivity index (χ1) is 10.3. The van der Waals surface area contributed by atoms with Crippen LogP contribution in [-0.4, -0.2) is 15.9 Å². The monoisotopic (exact) mass is 301 g/mol. The van der Waals surface area contributed by atoms with Crippen LogP contribution in [0.25, 0.3) is 0 Å². The van der Waals surface area contributed by atoms with E-state index in [0.717, 1.165) is 43.7 Å². The van der Waals surface area contributed by atoms with E-state index < -0.39 is 0 Å². The highest BCUT2D eigenvalue weighted by molar-refractivity contribution is 7.99. The summed E-state index contributed by atoms with van der Waals surface area (Å²) in [6, 6.07) is 8.51. The van der Waals surface area contributed by atoms with Crippen LogP contribution in [-0.2, 0) is 5.54 Å². The molecule has 0 radical (unpaired) electrons. The van der Waals surface area contributed by atoms with E-state index >= 15 is 0 Å². The fraction of sp³-hybridized carbons (Fsp3) is 0.500. The van der Waals surface area contributed by atoms with Gasteiger partial charge in [-0.25, -0.2) is 0 Å². The number of nitrogens with two attached hydrogens (primary N) is 1. The maximum Gasteiger partial charge on any atom is 0.234 e. The van der Waals surface area contributed by atoms with Crippen molar-refractivity contribution >= 4 is 11.8 Å². The standard InChI is InChI=1S/C16H19N3OS/c17-16(8-3-4-9-16)15-18-14(20-19-15)12-7-10-21-13-6-2-1-5-11(12)13/h1-2,5-6,12H,3-4,7-10,17H2. The molecule has 1 fully saturated rings. The maximum absolute atomic E-state index is 6.43. The van der Waals surface area contributed by atoms with E-state index in [1.807, 2.05) is 11.8 Å². The molecule has 1 unspecified atom stereocenters. The zero-order valence-electron chi connectivity index (χ0n) is 11.9. The molecule has 0 amide bonds. The molecule has 2 aliphatic rings. The van der Waals surface area contributed by atoms with Gasteiger partial charge in [-0.05, 0) is 36.6 Å². The molecule has 2 aromatic rings. The summed E-state index contributed by atoms with van der Waals surface area (Å²) in [5.74, 6) is 2.74. The van der Waals surface area contributed by atoms with Gasteiger partial charge in [0.2, 0.25) is 5.89 Å². The van der Waals surface area contributed by atoms with E-state index in [2.05, 4.69) is 34.4 Å². The Balaban J connectivity index is 1.68. The second kappa shape index (κ2) is 5.14. The van der Waals surface area contributed by atoms with Crippen LogP contribution in [0.4, 0.5) is 0 Å². The average molecular weight is 301 g/mol. The molecule has 4 nitrogen and oxygen atoms in total. The zero-order chi connectivity index (χ0) is 14.3. The van der Waals surface area contributed by atoms with Crippen LogP contribution in [0.2, 0.25) is 0 Å². The summed E-state index contributed by atoms with van der Waals surface area (Å²) in [6.07, 6.45) is 5.28. The zero-order valence-corrected chi connectivity index (χ0v) is 12.7. The fourth-order valence-corrected chi connectivity index (χ4v) is 4.53. The molecule has 1 saturated carbocycles. The number of hydrogen-bond donors (Lipinski definition) is 1. The largest absolute Gasteiger partial charge is 0.339 e. The molecule has 1 aromatic heterocycles. The summed E-state index contributed by atoms with van der Waals surface area (Å²) in [5.41, 5.74) is 7.37. The van der Waals surface area contributed by atoms with Crippen LogP contribution in [0.15, 0.2) is 33.7 Å². The number of aromatic nitrogens is 2. The lowest BCUT2D eigenvalue weighted by atomic mass is 9.95. The number of thioether (sulfide) groups is 1. The number of nitrogens with zero attached hydrogens (tertiary/aromatic N) is 2. The average Bonchev–Trinajstić information content (AvgIpc) is 3.16. The predicted molar refractivity (Wildman–Crippen MR) is 82.3 cm³/mol. The van der Waals surface area contributed by atoms with Crippen LogP contribution in [0.3, 0.4) is 0 Å². The second-order valence-corrected chi connectivity index (χ2v) is 7.18. The number of fused-ring (bicyclic) bond motifs is 1. The summed E-state index contributed by atoms with van der Waals surface area (Å²) < 4.78 is 5.59. The highest BCUT2D eigenvalue weighted by Crippen LogP contribution is 2.41. The maximum atomic E-state index is 6.43. The normalized spacial score (nSPS) is 24.0. The molecule has 21 heavy (non-hydrogen) atoms. The highest BCUT2D eigenvalue weighted by atomic mass is 32.2. The van der Waals surface area contributed by atoms with Gasteiger partial charge in [-0.3, -0.25) is 0 Å². The minimum absolute atomic E-state index is 0.216. The van der Waals surface area contributed by atoms with E-state index in [0.29, 0.717) is 5.82 Å². The summed E-state index contributed by atoms with van der Waals surface area (Å²) in [5, 5.41) is 4.20. The molecule has 1 aliphatic carbocycles. The molecule has 1 atom stereocenters. The van der Waals surface area contributed by atoms with E-state index in [1.165, 1.54) is 10.5 Å². The fourth-order valence-electron chi connectivity index (χ4n) is 3.41. The molecule has 5 heteroatoms. The van der Waals surface area contributed by atoms with Crippen molar-refractivity contribution < 1.29 is 4.52 Å². The summed E-state index contributed by atoms with van der Waals surface area (Å²) in [4.78, 5) is 6.00. The minimum Gasteiger partial charge on any atom is -0.339 e. The smallest absolute Gasteiger partial charge is 0.234 e. The Morgan fingerprint density at radius 2 is 2.05 bits per heavy atom. The third-order valence-corrected chi connectivity index (χ3v) is 5.76. The quantitative estimate of drug-likeness (QED) is 0.920. The first-order valence-electron chi connectivity index (χ1n) is 7.61. The topological polar surface area (TPSA) is 64.9 Å². The predicted octanol–water partition coefficient (Wildman–Crippen LogP) is 3.43. The van der Waals surface area contributed by atoms with Gasteiger partial charge < -0.3 is 10.3 Å². The van der Waals surface area contributed by atoms with Crippen LogP contribution < -0.4 is 5.73 Å². The molecule has 1 aromatic carbocycles. The Labute approximate surface area is 128 Å². The van der Waals surface area contributed by atoms with Gasteiger partial charge in [0, 0.05) is 4.90 Å². The van der Waals surface area contributed by atoms with Gasteiger partial charge in [0.1, 0.15) is 0 Å². The summed E-state index contributed by atoms with van der Waals surface area (Å²) in [7, 11) is 0. The van der Waals surface area contributed by atoms with Crippen molar-refractivity contribution in [3.63, 3.8) is 0 Å². The molecular formula is C16H19N3OS. The third kappa shape index (κ3) is 2.28. The lowest BCUT2D eigenvalue weighted by Gasteiger charge is -2.22. The third-order valence-electron chi connectivity index (χ3n) is 4.64. The molecule has 2 N–H and O–H groups in total. The second-order valence-electron chi connectivity index (χ2n) is 6.05. The summed E-state index contributed by atoms with van der Waals surface area (Å²) in [6.45, 7) is 0. The molecule has 2 heterocycles. The van der Waals surface area contributed by atoms with Gasteiger partial charge in [0.25, 0.3) is 0 Å². The van der Waals surface area contributed by atoms with E-state index in [9.17, 15) is 0 Å². The van der Waals surface area contributed by atoms with Gasteiger partial charge in [-0.1, -0.05) is 36.2 Å². The summed E-state index contributed by atoms with van der Waals surface area (Å²) >= 11 is 1.90. The van der Waals surface area contributed by atoms with Crippen LogP contribution in [0.5, 0.6) is 0 Å². The van der Waals surface area contributed by atoms with Crippen molar-refractivity contribution in [1.82, 2.24) is 10.1 Å². The van der Waals surface area contributed by atoms with Gasteiger partial charge in [-0.2, -0.15) is 4.98 Å². The van der Waals surface area contributed by atoms with Crippen molar-refractivity contribution in [2.24, 2.45) is 5.73 Å². The Morgan fingerprint density at radius 3 is 2.90 bits per heavy atom. The molecule has 1 aliphatic heterocycles. The number of benzene rings is 1. The highest BCUT2D eigenvalue weighted by Gasteiger charge is 2.37. The molecule has 0 spiro atoms. The van der Waals surface area contributed by atoms with Gasteiger partial charge >= 0.3 is 0 Å². The van der Waals surface area contributed by atoms with Crippen molar-refractivity contribution in [3.05, 3.63) is 41.5 Å². The lowest BCUT2D eigenvalue weighted by Crippen LogP contribution is -2.34. The van der Waals surface area contributed by atoms with Crippen molar-refractivity contribution in [3.8, 4) is 0 Å². The molecule has 0 saturated heterocycles. The van der Waals surface area contributed by atoms with Crippen molar-refractivity contribution in [1.29, 1.82) is 0 Å². The molecule has 110 valence electrons.